The Hall–Kier alpha value is -2.44. The van der Waals surface area contributed by atoms with E-state index < -0.39 is 10.0 Å². The van der Waals surface area contributed by atoms with Crippen molar-refractivity contribution in [3.63, 3.8) is 0 Å². The molecule has 1 aliphatic rings. The highest BCUT2D eigenvalue weighted by atomic mass is 32.2. The van der Waals surface area contributed by atoms with Crippen LogP contribution in [0.15, 0.2) is 71.9 Å². The van der Waals surface area contributed by atoms with Crippen LogP contribution in [0.25, 0.3) is 10.8 Å². The number of nitrogens with zero attached hydrogens (tertiary/aromatic N) is 2. The summed E-state index contributed by atoms with van der Waals surface area (Å²) in [4.78, 5) is 6.71. The van der Waals surface area contributed by atoms with Gasteiger partial charge >= 0.3 is 0 Å². The van der Waals surface area contributed by atoms with Gasteiger partial charge in [0.1, 0.15) is 0 Å². The molecule has 27 heavy (non-hydrogen) atoms. The van der Waals surface area contributed by atoms with Crippen molar-refractivity contribution in [2.24, 2.45) is 5.92 Å². The van der Waals surface area contributed by atoms with E-state index in [0.29, 0.717) is 17.4 Å². The lowest BCUT2D eigenvalue weighted by atomic mass is 9.97. The van der Waals surface area contributed by atoms with Crippen LogP contribution in [0.2, 0.25) is 0 Å². The number of sulfonamides is 1. The van der Waals surface area contributed by atoms with Crippen LogP contribution in [-0.4, -0.2) is 33.0 Å². The standard InChI is InChI=1S/C21H23N3O2S/c25-27(26,21-6-5-18-3-1-2-4-19(18)15-21)23-16-17-9-13-24(14-10-17)20-7-11-22-12-8-20/h1-8,11-12,15,17,23H,9-10,13-14,16H2. The van der Waals surface area contributed by atoms with Crippen LogP contribution < -0.4 is 9.62 Å². The molecule has 4 rings (SSSR count). The van der Waals surface area contributed by atoms with Crippen molar-refractivity contribution in [1.29, 1.82) is 0 Å². The summed E-state index contributed by atoms with van der Waals surface area (Å²) in [6.45, 7) is 2.36. The van der Waals surface area contributed by atoms with Crippen LogP contribution in [0, 0.1) is 5.92 Å². The van der Waals surface area contributed by atoms with Gasteiger partial charge in [0.25, 0.3) is 0 Å². The second-order valence-electron chi connectivity index (χ2n) is 7.00. The summed E-state index contributed by atoms with van der Waals surface area (Å²) in [5.41, 5.74) is 1.18. The maximum Gasteiger partial charge on any atom is 0.240 e. The fourth-order valence-electron chi connectivity index (χ4n) is 3.60. The summed E-state index contributed by atoms with van der Waals surface area (Å²) in [7, 11) is -3.49. The summed E-state index contributed by atoms with van der Waals surface area (Å²) >= 11 is 0. The Morgan fingerprint density at radius 2 is 1.67 bits per heavy atom. The molecule has 1 N–H and O–H groups in total. The number of aromatic nitrogens is 1. The van der Waals surface area contributed by atoms with Crippen LogP contribution in [-0.2, 0) is 10.0 Å². The minimum Gasteiger partial charge on any atom is -0.371 e. The summed E-state index contributed by atoms with van der Waals surface area (Å²) in [5.74, 6) is 0.360. The number of hydrogen-bond acceptors (Lipinski definition) is 4. The van der Waals surface area contributed by atoms with E-state index in [0.717, 1.165) is 36.7 Å². The fraction of sp³-hybridized carbons (Fsp3) is 0.286. The first-order valence-corrected chi connectivity index (χ1v) is 10.7. The molecule has 0 bridgehead atoms. The molecule has 2 aromatic carbocycles. The van der Waals surface area contributed by atoms with E-state index >= 15 is 0 Å². The minimum absolute atomic E-state index is 0.329. The molecule has 0 amide bonds. The summed E-state index contributed by atoms with van der Waals surface area (Å²) < 4.78 is 28.2. The van der Waals surface area contributed by atoms with Crippen LogP contribution >= 0.6 is 0 Å². The number of fused-ring (bicyclic) bond motifs is 1. The van der Waals surface area contributed by atoms with Crippen molar-refractivity contribution in [3.8, 4) is 0 Å². The van der Waals surface area contributed by atoms with Gasteiger partial charge in [-0.25, -0.2) is 13.1 Å². The molecule has 0 spiro atoms. The van der Waals surface area contributed by atoms with Crippen LogP contribution in [0.1, 0.15) is 12.8 Å². The van der Waals surface area contributed by atoms with Crippen LogP contribution in [0.3, 0.4) is 0 Å². The van der Waals surface area contributed by atoms with Crippen LogP contribution in [0.5, 0.6) is 0 Å². The van der Waals surface area contributed by atoms with Crippen molar-refractivity contribution in [3.05, 3.63) is 67.0 Å². The molecule has 0 aliphatic carbocycles. The smallest absolute Gasteiger partial charge is 0.240 e. The second kappa shape index (κ2) is 7.66. The average Bonchev–Trinajstić information content (AvgIpc) is 2.73. The third kappa shape index (κ3) is 4.12. The quantitative estimate of drug-likeness (QED) is 0.735. The predicted octanol–water partition coefficient (Wildman–Crippen LogP) is 3.43. The monoisotopic (exact) mass is 381 g/mol. The molecule has 3 aromatic rings. The fourth-order valence-corrected chi connectivity index (χ4v) is 4.75. The first-order chi connectivity index (χ1) is 13.1. The Morgan fingerprint density at radius 3 is 2.41 bits per heavy atom. The van der Waals surface area contributed by atoms with E-state index in [1.807, 2.05) is 42.5 Å². The number of anilines is 1. The maximum atomic E-state index is 12.7. The molecular formula is C21H23N3O2S. The van der Waals surface area contributed by atoms with E-state index in [9.17, 15) is 8.42 Å². The molecule has 5 nitrogen and oxygen atoms in total. The lowest BCUT2D eigenvalue weighted by Gasteiger charge is -2.33. The first-order valence-electron chi connectivity index (χ1n) is 9.25. The third-order valence-electron chi connectivity index (χ3n) is 5.24. The van der Waals surface area contributed by atoms with Crippen molar-refractivity contribution in [2.45, 2.75) is 17.7 Å². The van der Waals surface area contributed by atoms with Gasteiger partial charge in [0.05, 0.1) is 4.90 Å². The zero-order chi connectivity index (χ0) is 18.7. The predicted molar refractivity (Wildman–Crippen MR) is 108 cm³/mol. The summed E-state index contributed by atoms with van der Waals surface area (Å²) in [6, 6.07) is 17.1. The number of hydrogen-bond donors (Lipinski definition) is 1. The second-order valence-corrected chi connectivity index (χ2v) is 8.76. The maximum absolute atomic E-state index is 12.7. The third-order valence-corrected chi connectivity index (χ3v) is 6.66. The highest BCUT2D eigenvalue weighted by Gasteiger charge is 2.22. The van der Waals surface area contributed by atoms with E-state index in [1.165, 1.54) is 5.69 Å². The Kier molecular flexibility index (Phi) is 5.09. The molecule has 0 unspecified atom stereocenters. The van der Waals surface area contributed by atoms with Crippen molar-refractivity contribution in [2.75, 3.05) is 24.5 Å². The van der Waals surface area contributed by atoms with Gasteiger partial charge in [0, 0.05) is 37.7 Å². The zero-order valence-electron chi connectivity index (χ0n) is 15.1. The molecule has 0 saturated carbocycles. The van der Waals surface area contributed by atoms with Crippen molar-refractivity contribution in [1.82, 2.24) is 9.71 Å². The molecule has 1 fully saturated rings. The zero-order valence-corrected chi connectivity index (χ0v) is 15.9. The Labute approximate surface area is 160 Å². The Balaban J connectivity index is 1.36. The van der Waals surface area contributed by atoms with E-state index in [2.05, 4.69) is 14.6 Å². The number of piperidine rings is 1. The molecule has 1 aliphatic heterocycles. The van der Waals surface area contributed by atoms with Gasteiger partial charge in [-0.2, -0.15) is 0 Å². The van der Waals surface area contributed by atoms with Gasteiger partial charge in [-0.3, -0.25) is 4.98 Å². The topological polar surface area (TPSA) is 62.3 Å². The molecular weight excluding hydrogens is 358 g/mol. The van der Waals surface area contributed by atoms with Crippen molar-refractivity contribution < 1.29 is 8.42 Å². The SMILES string of the molecule is O=S(=O)(NCC1CCN(c2ccncc2)CC1)c1ccc2ccccc2c1. The van der Waals surface area contributed by atoms with E-state index in [-0.39, 0.29) is 0 Å². The van der Waals surface area contributed by atoms with E-state index in [1.54, 1.807) is 24.5 Å². The molecule has 0 atom stereocenters. The number of benzene rings is 2. The van der Waals surface area contributed by atoms with E-state index in [4.69, 9.17) is 0 Å². The van der Waals surface area contributed by atoms with Gasteiger partial charge < -0.3 is 4.90 Å². The van der Waals surface area contributed by atoms with Gasteiger partial charge in [-0.15, -0.1) is 0 Å². The van der Waals surface area contributed by atoms with Gasteiger partial charge in [-0.05, 0) is 53.8 Å². The highest BCUT2D eigenvalue weighted by Crippen LogP contribution is 2.23. The lowest BCUT2D eigenvalue weighted by molar-refractivity contribution is 0.402. The molecule has 1 saturated heterocycles. The van der Waals surface area contributed by atoms with Crippen molar-refractivity contribution >= 4 is 26.5 Å². The number of rotatable bonds is 5. The molecule has 2 heterocycles. The van der Waals surface area contributed by atoms with Gasteiger partial charge in [-0.1, -0.05) is 30.3 Å². The minimum atomic E-state index is -3.49. The number of nitrogens with one attached hydrogen (secondary N) is 1. The largest absolute Gasteiger partial charge is 0.371 e. The van der Waals surface area contributed by atoms with Crippen LogP contribution in [0.4, 0.5) is 5.69 Å². The average molecular weight is 382 g/mol. The molecule has 0 radical (unpaired) electrons. The van der Waals surface area contributed by atoms with Gasteiger partial charge in [0.2, 0.25) is 10.0 Å². The molecule has 6 heteroatoms. The van der Waals surface area contributed by atoms with Gasteiger partial charge in [0.15, 0.2) is 0 Å². The summed E-state index contributed by atoms with van der Waals surface area (Å²) in [6.07, 6.45) is 5.56. The lowest BCUT2D eigenvalue weighted by Crippen LogP contribution is -2.38. The normalized spacial score (nSPS) is 15.9. The molecule has 140 valence electrons. The Bertz CT molecular complexity index is 1010. The Morgan fingerprint density at radius 1 is 0.963 bits per heavy atom. The molecule has 1 aromatic heterocycles. The summed E-state index contributed by atoms with van der Waals surface area (Å²) in [5, 5.41) is 1.98. The highest BCUT2D eigenvalue weighted by molar-refractivity contribution is 7.89. The number of pyridine rings is 1. The first kappa shape index (κ1) is 17.9.